The number of rotatable bonds is 1. The maximum Gasteiger partial charge on any atom is 0.0915 e. The third-order valence-electron chi connectivity index (χ3n) is 1.60. The van der Waals surface area contributed by atoms with Crippen molar-refractivity contribution in [2.24, 2.45) is 0 Å². The van der Waals surface area contributed by atoms with Crippen LogP contribution >= 0.6 is 0 Å². The topological polar surface area (TPSA) is 32.7 Å². The van der Waals surface area contributed by atoms with E-state index < -0.39 is 0 Å². The average molecular weight is 143 g/mol. The summed E-state index contributed by atoms with van der Waals surface area (Å²) < 4.78 is 5.30. The van der Waals surface area contributed by atoms with Crippen molar-refractivity contribution in [3.8, 4) is 0 Å². The highest BCUT2D eigenvalue weighted by molar-refractivity contribution is 4.87. The molecule has 0 aromatic heterocycles. The van der Waals surface area contributed by atoms with Crippen molar-refractivity contribution >= 4 is 0 Å². The Labute approximate surface area is 60.9 Å². The average Bonchev–Trinajstić information content (AvgIpc) is 1.88. The van der Waals surface area contributed by atoms with Crippen LogP contribution in [0.2, 0.25) is 0 Å². The molecule has 1 N–H and O–H groups in total. The molecular formula is C7H13NO2. The quantitative estimate of drug-likeness (QED) is 0.539. The number of hydrogen-bond acceptors (Lipinski definition) is 3. The maximum absolute atomic E-state index is 8.43. The molecule has 3 nitrogen and oxygen atoms in total. The number of aliphatic hydroxyl groups excluding tert-OH is 1. The lowest BCUT2D eigenvalue weighted by Crippen LogP contribution is -2.38. The molecule has 0 aromatic rings. The summed E-state index contributed by atoms with van der Waals surface area (Å²) >= 11 is 0. The number of aliphatic hydroxyl groups is 1. The molecule has 58 valence electrons. The van der Waals surface area contributed by atoms with E-state index in [0.717, 1.165) is 26.0 Å². The van der Waals surface area contributed by atoms with Crippen LogP contribution in [0, 0.1) is 0 Å². The summed E-state index contributed by atoms with van der Waals surface area (Å²) in [5, 5.41) is 8.43. The Morgan fingerprint density at radius 1 is 1.70 bits per heavy atom. The van der Waals surface area contributed by atoms with Crippen LogP contribution in [0.1, 0.15) is 0 Å². The normalized spacial score (nSPS) is 29.5. The summed E-state index contributed by atoms with van der Waals surface area (Å²) in [5.41, 5.74) is 0. The molecule has 3 heteroatoms. The van der Waals surface area contributed by atoms with Gasteiger partial charge < -0.3 is 14.7 Å². The fraction of sp³-hybridized carbons (Fsp3) is 0.714. The van der Waals surface area contributed by atoms with Crippen LogP contribution in [-0.2, 0) is 4.74 Å². The number of ether oxygens (including phenoxy) is 1. The van der Waals surface area contributed by atoms with Crippen LogP contribution in [0.4, 0.5) is 0 Å². The molecule has 0 unspecified atom stereocenters. The molecule has 10 heavy (non-hydrogen) atoms. The van der Waals surface area contributed by atoms with Crippen molar-refractivity contribution in [1.29, 1.82) is 0 Å². The van der Waals surface area contributed by atoms with Gasteiger partial charge in [0.15, 0.2) is 0 Å². The summed E-state index contributed by atoms with van der Waals surface area (Å²) in [6.07, 6.45) is 2.78. The first-order valence-electron chi connectivity index (χ1n) is 3.44. The Kier molecular flexibility index (Phi) is 2.71. The molecule has 0 spiro atoms. The Bertz CT molecular complexity index is 125. The molecular weight excluding hydrogens is 130 g/mol. The fourth-order valence-corrected chi connectivity index (χ4v) is 1.02. The third kappa shape index (κ3) is 2.01. The van der Waals surface area contributed by atoms with Crippen LogP contribution < -0.4 is 0 Å². The lowest BCUT2D eigenvalue weighted by Gasteiger charge is -2.27. The zero-order valence-corrected chi connectivity index (χ0v) is 6.16. The highest BCUT2D eigenvalue weighted by atomic mass is 16.5. The maximum atomic E-state index is 8.43. The summed E-state index contributed by atoms with van der Waals surface area (Å²) in [7, 11) is 2.04. The van der Waals surface area contributed by atoms with Gasteiger partial charge in [-0.3, -0.25) is 0 Å². The molecule has 1 heterocycles. The SMILES string of the molecule is CN1CCO[C@H](/C=C/O)C1. The van der Waals surface area contributed by atoms with Crippen molar-refractivity contribution in [2.45, 2.75) is 6.10 Å². The lowest BCUT2D eigenvalue weighted by molar-refractivity contribution is 0.00616. The summed E-state index contributed by atoms with van der Waals surface area (Å²) in [4.78, 5) is 2.17. The zero-order valence-electron chi connectivity index (χ0n) is 6.16. The molecule has 1 fully saturated rings. The number of nitrogens with zero attached hydrogens (tertiary/aromatic N) is 1. The smallest absolute Gasteiger partial charge is 0.0915 e. The largest absolute Gasteiger partial charge is 0.516 e. The summed E-state index contributed by atoms with van der Waals surface area (Å²) in [5.74, 6) is 0. The van der Waals surface area contributed by atoms with Crippen LogP contribution in [0.25, 0.3) is 0 Å². The summed E-state index contributed by atoms with van der Waals surface area (Å²) in [6.45, 7) is 2.61. The molecule has 1 rings (SSSR count). The standard InChI is InChI=1S/C7H13NO2/c1-8-3-5-10-7(6-8)2-4-9/h2,4,7,9H,3,5-6H2,1H3/b4-2+/t7-/m1/s1. The first kappa shape index (κ1) is 7.57. The number of likely N-dealkylation sites (N-methyl/N-ethyl adjacent to an activating group) is 1. The van der Waals surface area contributed by atoms with Crippen LogP contribution in [0.5, 0.6) is 0 Å². The van der Waals surface area contributed by atoms with Gasteiger partial charge in [0.1, 0.15) is 0 Å². The van der Waals surface area contributed by atoms with Gasteiger partial charge in [0.05, 0.1) is 19.0 Å². The van der Waals surface area contributed by atoms with E-state index in [4.69, 9.17) is 9.84 Å². The van der Waals surface area contributed by atoms with Crippen molar-refractivity contribution in [3.05, 3.63) is 12.3 Å². The first-order chi connectivity index (χ1) is 4.83. The predicted molar refractivity (Wildman–Crippen MR) is 39.0 cm³/mol. The van der Waals surface area contributed by atoms with Gasteiger partial charge in [-0.2, -0.15) is 0 Å². The molecule has 0 radical (unpaired) electrons. The van der Waals surface area contributed by atoms with E-state index in [0.29, 0.717) is 0 Å². The van der Waals surface area contributed by atoms with E-state index in [1.54, 1.807) is 6.08 Å². The molecule has 1 aliphatic heterocycles. The predicted octanol–water partition coefficient (Wildman–Crippen LogP) is 0.389. The Morgan fingerprint density at radius 3 is 3.10 bits per heavy atom. The van der Waals surface area contributed by atoms with E-state index >= 15 is 0 Å². The highest BCUT2D eigenvalue weighted by Crippen LogP contribution is 2.02. The minimum absolute atomic E-state index is 0.0729. The molecule has 0 saturated carbocycles. The molecule has 0 bridgehead atoms. The second-order valence-electron chi connectivity index (χ2n) is 2.51. The molecule has 1 aliphatic rings. The Balaban J connectivity index is 2.32. The van der Waals surface area contributed by atoms with Crippen LogP contribution in [-0.4, -0.2) is 42.9 Å². The van der Waals surface area contributed by atoms with E-state index in [2.05, 4.69) is 4.90 Å². The minimum Gasteiger partial charge on any atom is -0.516 e. The molecule has 1 saturated heterocycles. The summed E-state index contributed by atoms with van der Waals surface area (Å²) in [6, 6.07) is 0. The second kappa shape index (κ2) is 3.58. The van der Waals surface area contributed by atoms with Gasteiger partial charge >= 0.3 is 0 Å². The Hall–Kier alpha value is -0.540. The van der Waals surface area contributed by atoms with E-state index in [9.17, 15) is 0 Å². The second-order valence-corrected chi connectivity index (χ2v) is 2.51. The van der Waals surface area contributed by atoms with Gasteiger partial charge in [-0.05, 0) is 13.1 Å². The van der Waals surface area contributed by atoms with Crippen LogP contribution in [0.15, 0.2) is 12.3 Å². The third-order valence-corrected chi connectivity index (χ3v) is 1.60. The highest BCUT2D eigenvalue weighted by Gasteiger charge is 2.13. The number of hydrogen-bond donors (Lipinski definition) is 1. The van der Waals surface area contributed by atoms with Gasteiger partial charge in [-0.25, -0.2) is 0 Å². The number of morpholine rings is 1. The lowest BCUT2D eigenvalue weighted by atomic mass is 10.3. The Morgan fingerprint density at radius 2 is 2.50 bits per heavy atom. The van der Waals surface area contributed by atoms with E-state index in [-0.39, 0.29) is 6.10 Å². The van der Waals surface area contributed by atoms with Gasteiger partial charge in [0.2, 0.25) is 0 Å². The zero-order chi connectivity index (χ0) is 7.40. The van der Waals surface area contributed by atoms with Gasteiger partial charge in [0, 0.05) is 13.1 Å². The van der Waals surface area contributed by atoms with Gasteiger partial charge in [-0.15, -0.1) is 0 Å². The molecule has 0 amide bonds. The van der Waals surface area contributed by atoms with Gasteiger partial charge in [-0.1, -0.05) is 0 Å². The van der Waals surface area contributed by atoms with E-state index in [1.165, 1.54) is 0 Å². The monoisotopic (exact) mass is 143 g/mol. The van der Waals surface area contributed by atoms with Crippen LogP contribution in [0.3, 0.4) is 0 Å². The first-order valence-corrected chi connectivity index (χ1v) is 3.44. The molecule has 0 aromatic carbocycles. The minimum atomic E-state index is 0.0729. The molecule has 0 aliphatic carbocycles. The van der Waals surface area contributed by atoms with Crippen molar-refractivity contribution in [1.82, 2.24) is 4.90 Å². The fourth-order valence-electron chi connectivity index (χ4n) is 1.02. The van der Waals surface area contributed by atoms with Crippen molar-refractivity contribution in [3.63, 3.8) is 0 Å². The van der Waals surface area contributed by atoms with E-state index in [1.807, 2.05) is 7.05 Å². The van der Waals surface area contributed by atoms with Crippen molar-refractivity contribution in [2.75, 3.05) is 26.7 Å². The van der Waals surface area contributed by atoms with Crippen molar-refractivity contribution < 1.29 is 9.84 Å². The molecule has 1 atom stereocenters. The van der Waals surface area contributed by atoms with Gasteiger partial charge in [0.25, 0.3) is 0 Å².